The van der Waals surface area contributed by atoms with Crippen LogP contribution in [-0.2, 0) is 0 Å². The lowest BCUT2D eigenvalue weighted by Gasteiger charge is -2.20. The maximum Gasteiger partial charge on any atom is 0.314 e. The Morgan fingerprint density at radius 1 is 0.175 bits per heavy atom. The van der Waals surface area contributed by atoms with Crippen molar-refractivity contribution in [2.45, 2.75) is 482 Å². The fraction of sp³-hybridized carbons (Fsp3) is 0.987. The number of carbonyl (C=O) groups excluding carboxylic acids is 1. The van der Waals surface area contributed by atoms with E-state index in [1.54, 1.807) is 0 Å². The summed E-state index contributed by atoms with van der Waals surface area (Å²) >= 11 is 0. The molecule has 0 atom stereocenters. The standard InChI is InChI=1S/C17H36N2O.6C10H22/c1-3-5-7-9-11-13-15-19(17(18)20)16-14-12-10-8-6-4-2;6*1-3-5-7-9-10-8-6-4-2/h3-16H2,1-2H3,(H2,18,20);6*3-10H2,1-2H3. The van der Waals surface area contributed by atoms with E-state index in [-0.39, 0.29) is 6.03 Å². The number of amides is 2. The molecule has 0 unspecified atom stereocenters. The van der Waals surface area contributed by atoms with Gasteiger partial charge in [-0.1, -0.05) is 469 Å². The van der Waals surface area contributed by atoms with Gasteiger partial charge < -0.3 is 10.6 Å². The average Bonchev–Trinajstić information content (AvgIpc) is 3.46. The van der Waals surface area contributed by atoms with Crippen molar-refractivity contribution in [1.29, 1.82) is 0 Å². The lowest BCUT2D eigenvalue weighted by Crippen LogP contribution is -2.37. The molecule has 3 heteroatoms. The Morgan fingerprint density at radius 2 is 0.263 bits per heavy atom. The van der Waals surface area contributed by atoms with E-state index < -0.39 is 0 Å². The van der Waals surface area contributed by atoms with Crippen molar-refractivity contribution in [2.75, 3.05) is 13.1 Å². The first-order chi connectivity index (χ1) is 39.2. The van der Waals surface area contributed by atoms with Crippen LogP contribution in [0.4, 0.5) is 4.79 Å². The van der Waals surface area contributed by atoms with Crippen molar-refractivity contribution in [3.05, 3.63) is 0 Å². The summed E-state index contributed by atoms with van der Waals surface area (Å²) in [7, 11) is 0. The molecule has 0 saturated carbocycles. The van der Waals surface area contributed by atoms with Gasteiger partial charge in [-0.05, 0) is 12.8 Å². The SMILES string of the molecule is CCCCCCCCCC.CCCCCCCCCC.CCCCCCCCCC.CCCCCCCCCC.CCCCCCCCCC.CCCCCCCCCC.CCCCCCCCN(CCCCCCCC)C(N)=O. The summed E-state index contributed by atoms with van der Waals surface area (Å²) in [6.45, 7) is 33.4. The van der Waals surface area contributed by atoms with Gasteiger partial charge in [0.2, 0.25) is 0 Å². The highest BCUT2D eigenvalue weighted by Crippen LogP contribution is 2.13. The molecule has 0 spiro atoms. The topological polar surface area (TPSA) is 46.3 Å². The van der Waals surface area contributed by atoms with E-state index in [9.17, 15) is 4.79 Å². The van der Waals surface area contributed by atoms with Crippen LogP contribution in [0.25, 0.3) is 0 Å². The summed E-state index contributed by atoms with van der Waals surface area (Å²) < 4.78 is 0. The molecule has 3 nitrogen and oxygen atoms in total. The molecule has 0 heterocycles. The lowest BCUT2D eigenvalue weighted by molar-refractivity contribution is 0.204. The molecule has 80 heavy (non-hydrogen) atoms. The zero-order chi connectivity index (χ0) is 61.0. The van der Waals surface area contributed by atoms with Gasteiger partial charge in [0.25, 0.3) is 0 Å². The normalized spacial score (nSPS) is 10.3. The van der Waals surface area contributed by atoms with Gasteiger partial charge in [0.1, 0.15) is 0 Å². The van der Waals surface area contributed by atoms with E-state index in [1.807, 2.05) is 4.90 Å². The Balaban J connectivity index is -0.000000159. The first-order valence-corrected chi connectivity index (χ1v) is 38.2. The molecule has 2 N–H and O–H groups in total. The Morgan fingerprint density at radius 3 is 0.350 bits per heavy atom. The zero-order valence-electron chi connectivity index (χ0n) is 59.8. The van der Waals surface area contributed by atoms with Crippen molar-refractivity contribution >= 4 is 6.03 Å². The summed E-state index contributed by atoms with van der Waals surface area (Å²) in [6, 6.07) is -0.243. The third-order valence-electron chi connectivity index (χ3n) is 15.6. The van der Waals surface area contributed by atoms with Gasteiger partial charge in [0, 0.05) is 13.1 Å². The molecule has 0 fully saturated rings. The van der Waals surface area contributed by atoms with E-state index in [0.717, 1.165) is 25.9 Å². The number of nitrogens with two attached hydrogens (primary N) is 1. The monoisotopic (exact) mass is 1140 g/mol. The van der Waals surface area contributed by atoms with Gasteiger partial charge in [-0.2, -0.15) is 0 Å². The highest BCUT2D eigenvalue weighted by molar-refractivity contribution is 5.71. The minimum absolute atomic E-state index is 0.243. The highest BCUT2D eigenvalue weighted by Gasteiger charge is 2.08. The lowest BCUT2D eigenvalue weighted by atomic mass is 10.1. The first-order valence-electron chi connectivity index (χ1n) is 38.2. The van der Waals surface area contributed by atoms with Gasteiger partial charge in [0.15, 0.2) is 0 Å². The molecule has 0 aromatic rings. The van der Waals surface area contributed by atoms with Crippen LogP contribution in [0.3, 0.4) is 0 Å². The van der Waals surface area contributed by atoms with Gasteiger partial charge in [-0.15, -0.1) is 0 Å². The Labute approximate surface area is 514 Å². The smallest absolute Gasteiger partial charge is 0.314 e. The zero-order valence-corrected chi connectivity index (χ0v) is 59.8. The Hall–Kier alpha value is -0.730. The molecule has 0 aliphatic heterocycles. The van der Waals surface area contributed by atoms with Crippen molar-refractivity contribution in [3.8, 4) is 0 Å². The molecule has 0 saturated heterocycles. The van der Waals surface area contributed by atoms with Crippen LogP contribution in [-0.4, -0.2) is 24.0 Å². The van der Waals surface area contributed by atoms with E-state index in [1.165, 1.54) is 372 Å². The summed E-state index contributed by atoms with van der Waals surface area (Å²) in [4.78, 5) is 13.2. The minimum Gasteiger partial charge on any atom is -0.351 e. The third-order valence-corrected chi connectivity index (χ3v) is 15.6. The fourth-order valence-electron chi connectivity index (χ4n) is 9.74. The van der Waals surface area contributed by atoms with Gasteiger partial charge in [-0.25, -0.2) is 4.79 Å². The molecule has 0 bridgehead atoms. The van der Waals surface area contributed by atoms with Gasteiger partial charge in [0.05, 0.1) is 0 Å². The number of carbonyl (C=O) groups is 1. The number of urea groups is 1. The van der Waals surface area contributed by atoms with Crippen LogP contribution in [0.2, 0.25) is 0 Å². The number of hydrogen-bond donors (Lipinski definition) is 1. The molecule has 0 radical (unpaired) electrons. The predicted octanol–water partition coefficient (Wildman–Crippen LogP) is 30.0. The second-order valence-electron chi connectivity index (χ2n) is 24.6. The Kier molecular flexibility index (Phi) is 120. The summed E-state index contributed by atoms with van der Waals surface area (Å²) in [5, 5.41) is 0. The largest absolute Gasteiger partial charge is 0.351 e. The Bertz CT molecular complexity index is 702. The predicted molar refractivity (Wildman–Crippen MR) is 378 cm³/mol. The number of unbranched alkanes of at least 4 members (excludes halogenated alkanes) is 52. The molecule has 0 aromatic carbocycles. The van der Waals surface area contributed by atoms with Gasteiger partial charge >= 0.3 is 6.03 Å². The van der Waals surface area contributed by atoms with Crippen LogP contribution in [0.5, 0.6) is 0 Å². The number of hydrogen-bond acceptors (Lipinski definition) is 1. The quantitative estimate of drug-likeness (QED) is 0.0606. The molecular weight excluding hydrogens is 969 g/mol. The van der Waals surface area contributed by atoms with E-state index in [4.69, 9.17) is 5.73 Å². The van der Waals surface area contributed by atoms with Crippen LogP contribution in [0, 0.1) is 0 Å². The van der Waals surface area contributed by atoms with Crippen molar-refractivity contribution in [2.24, 2.45) is 5.73 Å². The first kappa shape index (κ1) is 93.0. The molecule has 0 aliphatic carbocycles. The molecule has 492 valence electrons. The molecule has 0 aromatic heterocycles. The fourth-order valence-corrected chi connectivity index (χ4v) is 9.74. The van der Waals surface area contributed by atoms with Gasteiger partial charge in [-0.3, -0.25) is 0 Å². The average molecular weight is 1140 g/mol. The van der Waals surface area contributed by atoms with Crippen LogP contribution in [0.15, 0.2) is 0 Å². The van der Waals surface area contributed by atoms with E-state index >= 15 is 0 Å². The molecular formula is C77H168N2O. The summed E-state index contributed by atoms with van der Waals surface area (Å²) in [5.74, 6) is 0. The van der Waals surface area contributed by atoms with E-state index in [0.29, 0.717) is 0 Å². The second kappa shape index (κ2) is 103. The van der Waals surface area contributed by atoms with Crippen LogP contribution < -0.4 is 5.73 Å². The van der Waals surface area contributed by atoms with E-state index in [2.05, 4.69) is 96.9 Å². The number of primary amides is 1. The third kappa shape index (κ3) is 120. The number of rotatable bonds is 56. The number of nitrogens with zero attached hydrogens (tertiary/aromatic N) is 1. The minimum atomic E-state index is -0.243. The maximum atomic E-state index is 11.4. The summed E-state index contributed by atoms with van der Waals surface area (Å²) in [5.41, 5.74) is 5.45. The van der Waals surface area contributed by atoms with Crippen LogP contribution >= 0.6 is 0 Å². The maximum absolute atomic E-state index is 11.4. The molecule has 0 rings (SSSR count). The van der Waals surface area contributed by atoms with Crippen molar-refractivity contribution in [1.82, 2.24) is 4.90 Å². The summed E-state index contributed by atoms with van der Waals surface area (Å²) in [6.07, 6.45) is 83.9. The van der Waals surface area contributed by atoms with Crippen LogP contribution in [0.1, 0.15) is 482 Å². The van der Waals surface area contributed by atoms with Crippen molar-refractivity contribution in [3.63, 3.8) is 0 Å². The molecule has 2 amide bonds. The molecule has 0 aliphatic rings. The second-order valence-corrected chi connectivity index (χ2v) is 24.6. The van der Waals surface area contributed by atoms with Crippen molar-refractivity contribution < 1.29 is 4.79 Å². The highest BCUT2D eigenvalue weighted by atomic mass is 16.2.